The van der Waals surface area contributed by atoms with E-state index >= 15 is 0 Å². The fourth-order valence-corrected chi connectivity index (χ4v) is 4.53. The Morgan fingerprint density at radius 2 is 2.00 bits per heavy atom. The van der Waals surface area contributed by atoms with Gasteiger partial charge in [-0.1, -0.05) is 12.1 Å². The molecule has 1 saturated heterocycles. The first-order chi connectivity index (χ1) is 13.6. The first-order valence-corrected chi connectivity index (χ1v) is 11.1. The average Bonchev–Trinajstić information content (AvgIpc) is 2.97. The minimum atomic E-state index is -4.41. The highest BCUT2D eigenvalue weighted by Crippen LogP contribution is 2.29. The number of halogens is 4. The number of hydrogen-bond donors (Lipinski definition) is 3. The van der Waals surface area contributed by atoms with Crippen LogP contribution in [0.1, 0.15) is 30.9 Å². The van der Waals surface area contributed by atoms with Gasteiger partial charge in [0, 0.05) is 25.6 Å². The summed E-state index contributed by atoms with van der Waals surface area (Å²) in [5, 5.41) is 8.60. The SMILES string of the molecule is CCNC(=NCc1cccc(C(F)(F)F)c1)NCCC(=O)NC1CCS(=O)(=O)C1.I. The molecular weight excluding hydrogens is 536 g/mol. The smallest absolute Gasteiger partial charge is 0.357 e. The number of guanidine groups is 1. The van der Waals surface area contributed by atoms with Crippen molar-refractivity contribution in [1.82, 2.24) is 16.0 Å². The third kappa shape index (κ3) is 9.06. The lowest BCUT2D eigenvalue weighted by Crippen LogP contribution is -2.41. The Balaban J connectivity index is 0.00000450. The number of alkyl halides is 3. The molecule has 1 aliphatic rings. The molecule has 2 rings (SSSR count). The number of benzene rings is 1. The largest absolute Gasteiger partial charge is 0.416 e. The second kappa shape index (κ2) is 11.7. The van der Waals surface area contributed by atoms with Crippen molar-refractivity contribution in [3.05, 3.63) is 35.4 Å². The zero-order valence-electron chi connectivity index (χ0n) is 16.5. The Bertz CT molecular complexity index is 847. The third-order valence-electron chi connectivity index (χ3n) is 4.26. The van der Waals surface area contributed by atoms with Crippen LogP contribution < -0.4 is 16.0 Å². The van der Waals surface area contributed by atoms with Gasteiger partial charge in [0.1, 0.15) is 0 Å². The molecule has 0 aromatic heterocycles. The van der Waals surface area contributed by atoms with Crippen LogP contribution in [0.25, 0.3) is 0 Å². The van der Waals surface area contributed by atoms with Crippen LogP contribution in [0.3, 0.4) is 0 Å². The number of carbonyl (C=O) groups is 1. The van der Waals surface area contributed by atoms with Gasteiger partial charge >= 0.3 is 6.18 Å². The van der Waals surface area contributed by atoms with Crippen molar-refractivity contribution in [2.75, 3.05) is 24.6 Å². The molecule has 1 unspecified atom stereocenters. The van der Waals surface area contributed by atoms with E-state index in [2.05, 4.69) is 20.9 Å². The predicted octanol–water partition coefficient (Wildman–Crippen LogP) is 2.07. The second-order valence-electron chi connectivity index (χ2n) is 6.74. The van der Waals surface area contributed by atoms with Crippen molar-refractivity contribution in [1.29, 1.82) is 0 Å². The Kier molecular flexibility index (Phi) is 10.3. The van der Waals surface area contributed by atoms with Crippen molar-refractivity contribution in [2.45, 2.75) is 38.5 Å². The van der Waals surface area contributed by atoms with Crippen LogP contribution in [0.5, 0.6) is 0 Å². The molecule has 0 aliphatic carbocycles. The summed E-state index contributed by atoms with van der Waals surface area (Å²) in [6.07, 6.45) is -3.87. The molecule has 170 valence electrons. The number of hydrogen-bond acceptors (Lipinski definition) is 4. The predicted molar refractivity (Wildman–Crippen MR) is 119 cm³/mol. The van der Waals surface area contributed by atoms with Crippen molar-refractivity contribution >= 4 is 45.7 Å². The highest BCUT2D eigenvalue weighted by Gasteiger charge is 2.30. The van der Waals surface area contributed by atoms with Crippen molar-refractivity contribution < 1.29 is 26.4 Å². The molecule has 0 spiro atoms. The maximum Gasteiger partial charge on any atom is 0.416 e. The molecule has 12 heteroatoms. The van der Waals surface area contributed by atoms with Crippen LogP contribution in [-0.2, 0) is 27.4 Å². The molecule has 0 bridgehead atoms. The van der Waals surface area contributed by atoms with Gasteiger partial charge in [0.25, 0.3) is 0 Å². The Morgan fingerprint density at radius 3 is 2.60 bits per heavy atom. The molecule has 1 aliphatic heterocycles. The maximum atomic E-state index is 12.8. The third-order valence-corrected chi connectivity index (χ3v) is 6.03. The van der Waals surface area contributed by atoms with Gasteiger partial charge in [-0.2, -0.15) is 13.2 Å². The lowest BCUT2D eigenvalue weighted by Gasteiger charge is -2.13. The van der Waals surface area contributed by atoms with E-state index in [0.717, 1.165) is 12.1 Å². The van der Waals surface area contributed by atoms with Crippen molar-refractivity contribution in [3.8, 4) is 0 Å². The number of amides is 1. The number of sulfone groups is 1. The summed E-state index contributed by atoms with van der Waals surface area (Å²) in [5.74, 6) is 0.158. The van der Waals surface area contributed by atoms with E-state index in [0.29, 0.717) is 24.5 Å². The van der Waals surface area contributed by atoms with Gasteiger partial charge in [-0.15, -0.1) is 24.0 Å². The van der Waals surface area contributed by atoms with E-state index < -0.39 is 21.6 Å². The Labute approximate surface area is 191 Å². The molecule has 1 aromatic carbocycles. The average molecular weight is 562 g/mol. The topological polar surface area (TPSA) is 99.7 Å². The summed E-state index contributed by atoms with van der Waals surface area (Å²) in [6.45, 7) is 2.68. The Hall–Kier alpha value is -1.57. The zero-order chi connectivity index (χ0) is 21.5. The summed E-state index contributed by atoms with van der Waals surface area (Å²) < 4.78 is 61.2. The molecule has 0 radical (unpaired) electrons. The molecule has 3 N–H and O–H groups in total. The molecule has 1 atom stereocenters. The van der Waals surface area contributed by atoms with Gasteiger partial charge < -0.3 is 16.0 Å². The first kappa shape index (κ1) is 26.5. The zero-order valence-corrected chi connectivity index (χ0v) is 19.6. The molecular formula is C18H26F3IN4O3S. The van der Waals surface area contributed by atoms with Crippen molar-refractivity contribution in [3.63, 3.8) is 0 Å². The summed E-state index contributed by atoms with van der Waals surface area (Å²) in [6, 6.07) is 4.60. The molecule has 30 heavy (non-hydrogen) atoms. The highest BCUT2D eigenvalue weighted by molar-refractivity contribution is 14.0. The first-order valence-electron chi connectivity index (χ1n) is 9.27. The van der Waals surface area contributed by atoms with Crippen LogP contribution in [0.15, 0.2) is 29.3 Å². The van der Waals surface area contributed by atoms with Gasteiger partial charge in [0.05, 0.1) is 23.6 Å². The van der Waals surface area contributed by atoms with Crippen LogP contribution in [0, 0.1) is 0 Å². The lowest BCUT2D eigenvalue weighted by atomic mass is 10.1. The summed E-state index contributed by atoms with van der Waals surface area (Å²) in [5.41, 5.74) is -0.314. The van der Waals surface area contributed by atoms with Gasteiger partial charge in [-0.25, -0.2) is 13.4 Å². The van der Waals surface area contributed by atoms with Crippen LogP contribution >= 0.6 is 24.0 Å². The maximum absolute atomic E-state index is 12.8. The van der Waals surface area contributed by atoms with Gasteiger partial charge in [-0.05, 0) is 31.0 Å². The fourth-order valence-electron chi connectivity index (χ4n) is 2.86. The molecule has 1 amide bonds. The standard InChI is InChI=1S/C18H25F3N4O3S.HI/c1-2-22-17(24-11-13-4-3-5-14(10-13)18(19,20)21)23-8-6-16(26)25-15-7-9-29(27,28)12-15;/h3-5,10,15H,2,6-9,11-12H2,1H3,(H,25,26)(H2,22,23,24);1H. The fraction of sp³-hybridized carbons (Fsp3) is 0.556. The summed E-state index contributed by atoms with van der Waals surface area (Å²) in [4.78, 5) is 16.2. The van der Waals surface area contributed by atoms with Crippen LogP contribution in [-0.4, -0.2) is 50.9 Å². The lowest BCUT2D eigenvalue weighted by molar-refractivity contribution is -0.137. The highest BCUT2D eigenvalue weighted by atomic mass is 127. The minimum absolute atomic E-state index is 0. The summed E-state index contributed by atoms with van der Waals surface area (Å²) in [7, 11) is -3.06. The van der Waals surface area contributed by atoms with Gasteiger partial charge in [0.2, 0.25) is 5.91 Å². The number of nitrogens with zero attached hydrogens (tertiary/aromatic N) is 1. The molecule has 1 aromatic rings. The molecule has 0 saturated carbocycles. The normalized spacial score (nSPS) is 18.4. The number of nitrogens with one attached hydrogen (secondary N) is 3. The van der Waals surface area contributed by atoms with E-state index in [4.69, 9.17) is 0 Å². The monoisotopic (exact) mass is 562 g/mol. The molecule has 1 fully saturated rings. The van der Waals surface area contributed by atoms with Gasteiger partial charge in [-0.3, -0.25) is 4.79 Å². The van der Waals surface area contributed by atoms with Crippen molar-refractivity contribution in [2.24, 2.45) is 4.99 Å². The van der Waals surface area contributed by atoms with E-state index in [1.165, 1.54) is 6.07 Å². The molecule has 1 heterocycles. The number of aliphatic imine (C=N–C) groups is 1. The quantitative estimate of drug-likeness (QED) is 0.269. The minimum Gasteiger partial charge on any atom is -0.357 e. The van der Waals surface area contributed by atoms with E-state index in [-0.39, 0.29) is 66.9 Å². The van der Waals surface area contributed by atoms with E-state index in [1.807, 2.05) is 6.92 Å². The number of rotatable bonds is 7. The van der Waals surface area contributed by atoms with Crippen LogP contribution in [0.4, 0.5) is 13.2 Å². The van der Waals surface area contributed by atoms with Crippen LogP contribution in [0.2, 0.25) is 0 Å². The number of carbonyl (C=O) groups excluding carboxylic acids is 1. The van der Waals surface area contributed by atoms with E-state index in [9.17, 15) is 26.4 Å². The van der Waals surface area contributed by atoms with Gasteiger partial charge in [0.15, 0.2) is 15.8 Å². The molecule has 7 nitrogen and oxygen atoms in total. The van der Waals surface area contributed by atoms with E-state index in [1.54, 1.807) is 6.07 Å². The Morgan fingerprint density at radius 1 is 1.27 bits per heavy atom. The second-order valence-corrected chi connectivity index (χ2v) is 8.97. The summed E-state index contributed by atoms with van der Waals surface area (Å²) >= 11 is 0.